The molecular formula is C21H21FN4O2. The number of methoxy groups -OCH3 is 1. The first-order chi connectivity index (χ1) is 13.5. The third-order valence-corrected chi connectivity index (χ3v) is 4.05. The summed E-state index contributed by atoms with van der Waals surface area (Å²) in [5, 5.41) is 6.29. The van der Waals surface area contributed by atoms with Gasteiger partial charge in [-0.05, 0) is 43.2 Å². The van der Waals surface area contributed by atoms with Crippen molar-refractivity contribution in [3.63, 3.8) is 0 Å². The van der Waals surface area contributed by atoms with Gasteiger partial charge in [-0.15, -0.1) is 0 Å². The van der Waals surface area contributed by atoms with E-state index in [4.69, 9.17) is 4.74 Å². The number of aryl methyl sites for hydroxylation is 1. The summed E-state index contributed by atoms with van der Waals surface area (Å²) in [6, 6.07) is 15.4. The zero-order chi connectivity index (χ0) is 19.9. The van der Waals surface area contributed by atoms with Crippen LogP contribution in [0.4, 0.5) is 21.8 Å². The lowest BCUT2D eigenvalue weighted by Gasteiger charge is -2.11. The smallest absolute Gasteiger partial charge is 0.337 e. The first-order valence-corrected chi connectivity index (χ1v) is 8.83. The van der Waals surface area contributed by atoms with E-state index in [-0.39, 0.29) is 5.82 Å². The van der Waals surface area contributed by atoms with E-state index in [0.717, 1.165) is 5.69 Å². The maximum absolute atomic E-state index is 13.7. The van der Waals surface area contributed by atoms with Gasteiger partial charge < -0.3 is 15.4 Å². The van der Waals surface area contributed by atoms with Crippen LogP contribution in [0.1, 0.15) is 21.6 Å². The molecule has 0 unspecified atom stereocenters. The minimum absolute atomic E-state index is 0.212. The van der Waals surface area contributed by atoms with Crippen LogP contribution in [-0.2, 0) is 11.2 Å². The van der Waals surface area contributed by atoms with Crippen molar-refractivity contribution < 1.29 is 13.9 Å². The Bertz CT molecular complexity index is 978. The zero-order valence-corrected chi connectivity index (χ0v) is 15.7. The normalized spacial score (nSPS) is 10.4. The minimum atomic E-state index is -0.413. The van der Waals surface area contributed by atoms with E-state index >= 15 is 0 Å². The van der Waals surface area contributed by atoms with Crippen molar-refractivity contribution in [1.29, 1.82) is 0 Å². The van der Waals surface area contributed by atoms with Crippen LogP contribution in [0, 0.1) is 12.7 Å². The van der Waals surface area contributed by atoms with E-state index in [0.29, 0.717) is 41.5 Å². The summed E-state index contributed by atoms with van der Waals surface area (Å²) in [6.07, 6.45) is 0.541. The molecule has 0 bridgehead atoms. The van der Waals surface area contributed by atoms with Gasteiger partial charge in [0.2, 0.25) is 5.95 Å². The molecule has 3 rings (SSSR count). The van der Waals surface area contributed by atoms with Gasteiger partial charge in [0.25, 0.3) is 0 Å². The highest BCUT2D eigenvalue weighted by Crippen LogP contribution is 2.18. The molecule has 1 aromatic heterocycles. The Kier molecular flexibility index (Phi) is 6.16. The number of halogens is 1. The highest BCUT2D eigenvalue weighted by atomic mass is 19.1. The number of esters is 1. The molecule has 2 N–H and O–H groups in total. The molecular weight excluding hydrogens is 359 g/mol. The second-order valence-corrected chi connectivity index (χ2v) is 6.18. The number of rotatable bonds is 7. The average molecular weight is 380 g/mol. The Morgan fingerprint density at radius 1 is 1.11 bits per heavy atom. The molecule has 1 heterocycles. The van der Waals surface area contributed by atoms with Crippen molar-refractivity contribution in [3.8, 4) is 0 Å². The van der Waals surface area contributed by atoms with Crippen LogP contribution in [0.5, 0.6) is 0 Å². The van der Waals surface area contributed by atoms with Crippen LogP contribution in [-0.4, -0.2) is 29.6 Å². The molecule has 0 fully saturated rings. The zero-order valence-electron chi connectivity index (χ0n) is 15.7. The summed E-state index contributed by atoms with van der Waals surface area (Å²) >= 11 is 0. The van der Waals surface area contributed by atoms with E-state index < -0.39 is 5.97 Å². The van der Waals surface area contributed by atoms with Crippen molar-refractivity contribution in [2.24, 2.45) is 0 Å². The van der Waals surface area contributed by atoms with E-state index in [1.807, 2.05) is 25.1 Å². The van der Waals surface area contributed by atoms with Crippen LogP contribution >= 0.6 is 0 Å². The molecule has 0 amide bonds. The molecule has 0 aliphatic rings. The number of anilines is 3. The monoisotopic (exact) mass is 380 g/mol. The fourth-order valence-corrected chi connectivity index (χ4v) is 2.71. The highest BCUT2D eigenvalue weighted by molar-refractivity contribution is 5.90. The van der Waals surface area contributed by atoms with Crippen molar-refractivity contribution in [3.05, 3.63) is 77.2 Å². The van der Waals surface area contributed by atoms with Crippen LogP contribution in [0.25, 0.3) is 0 Å². The summed E-state index contributed by atoms with van der Waals surface area (Å²) in [5.41, 5.74) is 2.53. The Labute approximate surface area is 162 Å². The van der Waals surface area contributed by atoms with Gasteiger partial charge >= 0.3 is 5.97 Å². The van der Waals surface area contributed by atoms with Crippen LogP contribution < -0.4 is 10.6 Å². The van der Waals surface area contributed by atoms with Crippen molar-refractivity contribution >= 4 is 23.4 Å². The summed E-state index contributed by atoms with van der Waals surface area (Å²) in [6.45, 7) is 2.40. The molecule has 7 heteroatoms. The summed E-state index contributed by atoms with van der Waals surface area (Å²) in [4.78, 5) is 20.5. The lowest BCUT2D eigenvalue weighted by molar-refractivity contribution is 0.0601. The van der Waals surface area contributed by atoms with Crippen LogP contribution in [0.2, 0.25) is 0 Å². The largest absolute Gasteiger partial charge is 0.465 e. The Hall–Kier alpha value is -3.48. The fourth-order valence-electron chi connectivity index (χ4n) is 2.71. The molecule has 0 spiro atoms. The first kappa shape index (κ1) is 19.3. The van der Waals surface area contributed by atoms with Crippen molar-refractivity contribution in [2.45, 2.75) is 13.3 Å². The molecule has 0 aliphatic carbocycles. The van der Waals surface area contributed by atoms with E-state index in [9.17, 15) is 9.18 Å². The predicted octanol–water partition coefficient (Wildman–Crippen LogP) is 4.11. The Morgan fingerprint density at radius 2 is 1.93 bits per heavy atom. The van der Waals surface area contributed by atoms with Gasteiger partial charge in [-0.3, -0.25) is 0 Å². The van der Waals surface area contributed by atoms with Gasteiger partial charge in [-0.2, -0.15) is 4.98 Å². The average Bonchev–Trinajstić information content (AvgIpc) is 2.68. The number of carbonyl (C=O) groups is 1. The van der Waals surface area contributed by atoms with Gasteiger partial charge in [0.15, 0.2) is 0 Å². The van der Waals surface area contributed by atoms with Crippen LogP contribution in [0.3, 0.4) is 0 Å². The number of aromatic nitrogens is 2. The number of hydrogen-bond donors (Lipinski definition) is 2. The van der Waals surface area contributed by atoms with Crippen molar-refractivity contribution in [2.75, 3.05) is 24.3 Å². The van der Waals surface area contributed by atoms with E-state index in [1.165, 1.54) is 13.2 Å². The molecule has 144 valence electrons. The molecule has 0 radical (unpaired) electrons. The second-order valence-electron chi connectivity index (χ2n) is 6.18. The maximum Gasteiger partial charge on any atom is 0.337 e. The Morgan fingerprint density at radius 3 is 2.71 bits per heavy atom. The minimum Gasteiger partial charge on any atom is -0.465 e. The highest BCUT2D eigenvalue weighted by Gasteiger charge is 2.08. The number of ether oxygens (including phenoxy) is 1. The summed E-state index contributed by atoms with van der Waals surface area (Å²) in [5.74, 6) is 0.409. The third kappa shape index (κ3) is 5.03. The molecule has 0 saturated carbocycles. The molecule has 2 aromatic carbocycles. The van der Waals surface area contributed by atoms with Crippen molar-refractivity contribution in [1.82, 2.24) is 9.97 Å². The Balaban J connectivity index is 1.68. The fraction of sp³-hybridized carbons (Fsp3) is 0.190. The molecule has 0 atom stereocenters. The standard InChI is InChI=1S/C21H21FN4O2/c1-14-12-19(23-11-10-15-6-3-4-9-18(15)22)26-21(24-14)25-17-8-5-7-16(13-17)20(27)28-2/h3-9,12-13H,10-11H2,1-2H3,(H2,23,24,25,26). The van der Waals surface area contributed by atoms with E-state index in [2.05, 4.69) is 20.6 Å². The molecule has 3 aromatic rings. The maximum atomic E-state index is 13.7. The van der Waals surface area contributed by atoms with E-state index in [1.54, 1.807) is 30.3 Å². The number of carbonyl (C=O) groups excluding carboxylic acids is 1. The lowest BCUT2D eigenvalue weighted by atomic mass is 10.1. The van der Waals surface area contributed by atoms with Crippen LogP contribution in [0.15, 0.2) is 54.6 Å². The molecule has 0 saturated heterocycles. The second kappa shape index (κ2) is 8.94. The topological polar surface area (TPSA) is 76.1 Å². The van der Waals surface area contributed by atoms with Gasteiger partial charge in [0, 0.05) is 24.0 Å². The van der Waals surface area contributed by atoms with Gasteiger partial charge in [0.05, 0.1) is 12.7 Å². The molecule has 6 nitrogen and oxygen atoms in total. The quantitative estimate of drug-likeness (QED) is 0.601. The van der Waals surface area contributed by atoms with Gasteiger partial charge in [0.1, 0.15) is 11.6 Å². The lowest BCUT2D eigenvalue weighted by Crippen LogP contribution is -2.09. The predicted molar refractivity (Wildman–Crippen MR) is 106 cm³/mol. The van der Waals surface area contributed by atoms with Gasteiger partial charge in [-0.1, -0.05) is 24.3 Å². The number of nitrogens with one attached hydrogen (secondary N) is 2. The number of benzene rings is 2. The summed E-state index contributed by atoms with van der Waals surface area (Å²) < 4.78 is 18.4. The number of nitrogens with zero attached hydrogens (tertiary/aromatic N) is 2. The SMILES string of the molecule is COC(=O)c1cccc(Nc2nc(C)cc(NCCc3ccccc3F)n2)c1. The number of hydrogen-bond acceptors (Lipinski definition) is 6. The third-order valence-electron chi connectivity index (χ3n) is 4.05. The summed E-state index contributed by atoms with van der Waals surface area (Å²) in [7, 11) is 1.34. The first-order valence-electron chi connectivity index (χ1n) is 8.83. The molecule has 28 heavy (non-hydrogen) atoms. The molecule has 0 aliphatic heterocycles. The van der Waals surface area contributed by atoms with Gasteiger partial charge in [-0.25, -0.2) is 14.2 Å².